The Hall–Kier alpha value is -4.07. The van der Waals surface area contributed by atoms with E-state index in [1.807, 2.05) is 12.1 Å². The first-order chi connectivity index (χ1) is 14.1. The average molecular weight is 389 g/mol. The Bertz CT molecular complexity index is 1200. The molecule has 3 N–H and O–H groups in total. The van der Waals surface area contributed by atoms with Gasteiger partial charge in [-0.25, -0.2) is 14.4 Å². The van der Waals surface area contributed by atoms with Gasteiger partial charge in [-0.1, -0.05) is 6.07 Å². The molecule has 2 heterocycles. The van der Waals surface area contributed by atoms with Crippen LogP contribution in [0, 0.1) is 5.82 Å². The minimum absolute atomic E-state index is 0.191. The minimum Gasteiger partial charge on any atom is -0.489 e. The van der Waals surface area contributed by atoms with Crippen molar-refractivity contribution in [1.82, 2.24) is 15.0 Å². The van der Waals surface area contributed by atoms with Crippen molar-refractivity contribution in [2.24, 2.45) is 5.73 Å². The van der Waals surface area contributed by atoms with Crippen LogP contribution in [0.4, 0.5) is 16.0 Å². The van der Waals surface area contributed by atoms with E-state index in [0.29, 0.717) is 22.9 Å². The Balaban J connectivity index is 1.48. The highest BCUT2D eigenvalue weighted by molar-refractivity contribution is 5.90. The van der Waals surface area contributed by atoms with Crippen LogP contribution in [0.15, 0.2) is 67.0 Å². The molecule has 4 aromatic rings. The number of fused-ring (bicyclic) bond motifs is 1. The fraction of sp³-hybridized carbons (Fsp3) is 0.0476. The number of nitrogens with zero attached hydrogens (tertiary/aromatic N) is 3. The van der Waals surface area contributed by atoms with Crippen molar-refractivity contribution < 1.29 is 13.9 Å². The number of halogens is 1. The Morgan fingerprint density at radius 3 is 2.83 bits per heavy atom. The largest absolute Gasteiger partial charge is 0.489 e. The number of hydrogen-bond donors (Lipinski definition) is 2. The smallest absolute Gasteiger partial charge is 0.267 e. The normalized spacial score (nSPS) is 10.7. The fourth-order valence-electron chi connectivity index (χ4n) is 2.72. The van der Waals surface area contributed by atoms with Gasteiger partial charge in [0.15, 0.2) is 0 Å². The van der Waals surface area contributed by atoms with Gasteiger partial charge in [0, 0.05) is 23.5 Å². The second-order valence-corrected chi connectivity index (χ2v) is 6.25. The van der Waals surface area contributed by atoms with Crippen LogP contribution in [0.3, 0.4) is 0 Å². The lowest BCUT2D eigenvalue weighted by atomic mass is 10.2. The van der Waals surface area contributed by atoms with E-state index in [0.717, 1.165) is 10.9 Å². The third-order valence-electron chi connectivity index (χ3n) is 4.11. The lowest BCUT2D eigenvalue weighted by molar-refractivity contribution is 0.0995. The molecule has 1 amide bonds. The van der Waals surface area contributed by atoms with Crippen molar-refractivity contribution in [3.63, 3.8) is 0 Å². The molecule has 0 aliphatic rings. The van der Waals surface area contributed by atoms with Crippen LogP contribution in [0.1, 0.15) is 16.1 Å². The average Bonchev–Trinajstić information content (AvgIpc) is 2.72. The fourth-order valence-corrected chi connectivity index (χ4v) is 2.72. The highest BCUT2D eigenvalue weighted by Gasteiger charge is 2.06. The van der Waals surface area contributed by atoms with Crippen LogP contribution in [0.2, 0.25) is 0 Å². The van der Waals surface area contributed by atoms with E-state index < -0.39 is 5.91 Å². The highest BCUT2D eigenvalue weighted by Crippen LogP contribution is 2.22. The lowest BCUT2D eigenvalue weighted by Gasteiger charge is -2.09. The summed E-state index contributed by atoms with van der Waals surface area (Å²) in [4.78, 5) is 23.8. The van der Waals surface area contributed by atoms with Gasteiger partial charge in [-0.05, 0) is 54.1 Å². The molecule has 7 nitrogen and oxygen atoms in total. The number of benzene rings is 2. The van der Waals surface area contributed by atoms with E-state index >= 15 is 0 Å². The summed E-state index contributed by atoms with van der Waals surface area (Å²) in [6.45, 7) is 0.258. The van der Waals surface area contributed by atoms with Crippen LogP contribution in [0.5, 0.6) is 5.75 Å². The molecule has 2 aromatic heterocycles. The lowest BCUT2D eigenvalue weighted by Crippen LogP contribution is -2.13. The van der Waals surface area contributed by atoms with Gasteiger partial charge in [0.2, 0.25) is 5.95 Å². The molecule has 0 aliphatic carbocycles. The maximum Gasteiger partial charge on any atom is 0.267 e. The van der Waals surface area contributed by atoms with E-state index in [-0.39, 0.29) is 18.1 Å². The van der Waals surface area contributed by atoms with Gasteiger partial charge >= 0.3 is 0 Å². The second-order valence-electron chi connectivity index (χ2n) is 6.25. The molecule has 0 bridgehead atoms. The molecule has 29 heavy (non-hydrogen) atoms. The van der Waals surface area contributed by atoms with Crippen LogP contribution in [-0.4, -0.2) is 20.9 Å². The summed E-state index contributed by atoms with van der Waals surface area (Å²) in [6.07, 6.45) is 3.18. The first-order valence-corrected chi connectivity index (χ1v) is 8.74. The number of ether oxygens (including phenoxy) is 1. The Morgan fingerprint density at radius 1 is 1.10 bits per heavy atom. The number of carbonyl (C=O) groups is 1. The molecular formula is C21H16FN5O2. The summed E-state index contributed by atoms with van der Waals surface area (Å²) in [6, 6.07) is 14.8. The molecule has 4 rings (SSSR count). The number of primary amides is 1. The summed E-state index contributed by atoms with van der Waals surface area (Å²) in [5.41, 5.74) is 7.49. The maximum atomic E-state index is 13.3. The number of nitrogens with two attached hydrogens (primary N) is 1. The van der Waals surface area contributed by atoms with Crippen LogP contribution >= 0.6 is 0 Å². The molecule has 0 saturated carbocycles. The first-order valence-electron chi connectivity index (χ1n) is 8.74. The van der Waals surface area contributed by atoms with Gasteiger partial charge in [0.1, 0.15) is 23.9 Å². The molecule has 0 spiro atoms. The van der Waals surface area contributed by atoms with Crippen molar-refractivity contribution in [2.75, 3.05) is 5.32 Å². The standard InChI is InChI=1S/C21H16FN5O2/c22-15-2-1-3-16(10-15)26-21-25-11-14-9-17(4-5-18(14)27-21)29-12-13-6-7-24-19(8-13)20(23)28/h1-11H,12H2,(H2,23,28)(H,25,26,27). The summed E-state index contributed by atoms with van der Waals surface area (Å²) in [5.74, 6) is 0.0731. The molecule has 0 unspecified atom stereocenters. The molecule has 2 aromatic carbocycles. The number of carbonyl (C=O) groups excluding carboxylic acids is 1. The van der Waals surface area contributed by atoms with Gasteiger partial charge in [0.05, 0.1) is 5.52 Å². The van der Waals surface area contributed by atoms with E-state index in [2.05, 4.69) is 20.3 Å². The Kier molecular flexibility index (Phi) is 4.98. The van der Waals surface area contributed by atoms with Crippen molar-refractivity contribution >= 4 is 28.4 Å². The predicted octanol–water partition coefficient (Wildman–Crippen LogP) is 3.59. The Morgan fingerprint density at radius 2 is 2.00 bits per heavy atom. The molecular weight excluding hydrogens is 373 g/mol. The van der Waals surface area contributed by atoms with Crippen LogP contribution in [-0.2, 0) is 6.61 Å². The monoisotopic (exact) mass is 389 g/mol. The number of rotatable bonds is 6. The Labute approximate surface area is 165 Å². The molecule has 0 fully saturated rings. The van der Waals surface area contributed by atoms with Gasteiger partial charge in [-0.3, -0.25) is 9.78 Å². The second kappa shape index (κ2) is 7.89. The van der Waals surface area contributed by atoms with E-state index in [4.69, 9.17) is 10.5 Å². The van der Waals surface area contributed by atoms with Crippen molar-refractivity contribution in [3.8, 4) is 5.75 Å². The topological polar surface area (TPSA) is 103 Å². The predicted molar refractivity (Wildman–Crippen MR) is 106 cm³/mol. The van der Waals surface area contributed by atoms with Crippen LogP contribution in [0.25, 0.3) is 10.9 Å². The summed E-state index contributed by atoms with van der Waals surface area (Å²) in [7, 11) is 0. The number of hydrogen-bond acceptors (Lipinski definition) is 6. The number of nitrogens with one attached hydrogen (secondary N) is 1. The zero-order valence-electron chi connectivity index (χ0n) is 15.2. The quantitative estimate of drug-likeness (QED) is 0.522. The highest BCUT2D eigenvalue weighted by atomic mass is 19.1. The van der Waals surface area contributed by atoms with Crippen molar-refractivity contribution in [1.29, 1.82) is 0 Å². The van der Waals surface area contributed by atoms with E-state index in [9.17, 15) is 9.18 Å². The van der Waals surface area contributed by atoms with Gasteiger partial charge in [-0.15, -0.1) is 0 Å². The maximum absolute atomic E-state index is 13.3. The SMILES string of the molecule is NC(=O)c1cc(COc2ccc3nc(Nc4cccc(F)c4)ncc3c2)ccn1. The van der Waals surface area contributed by atoms with Gasteiger partial charge in [0.25, 0.3) is 5.91 Å². The molecule has 0 saturated heterocycles. The third kappa shape index (κ3) is 4.44. The van der Waals surface area contributed by atoms with Crippen molar-refractivity contribution in [2.45, 2.75) is 6.61 Å². The molecule has 0 atom stereocenters. The van der Waals surface area contributed by atoms with E-state index in [1.54, 1.807) is 36.5 Å². The molecule has 0 radical (unpaired) electrons. The first kappa shape index (κ1) is 18.3. The molecule has 144 valence electrons. The third-order valence-corrected chi connectivity index (χ3v) is 4.11. The number of amides is 1. The summed E-state index contributed by atoms with van der Waals surface area (Å²) in [5, 5.41) is 3.77. The minimum atomic E-state index is -0.586. The molecule has 8 heteroatoms. The number of anilines is 2. The van der Waals surface area contributed by atoms with Crippen LogP contribution < -0.4 is 15.8 Å². The van der Waals surface area contributed by atoms with Crippen molar-refractivity contribution in [3.05, 3.63) is 84.1 Å². The summed E-state index contributed by atoms with van der Waals surface area (Å²) < 4.78 is 19.1. The summed E-state index contributed by atoms with van der Waals surface area (Å²) >= 11 is 0. The molecule has 0 aliphatic heterocycles. The zero-order valence-corrected chi connectivity index (χ0v) is 15.2. The van der Waals surface area contributed by atoms with Gasteiger partial charge in [-0.2, -0.15) is 0 Å². The number of pyridine rings is 1. The zero-order chi connectivity index (χ0) is 20.2. The van der Waals surface area contributed by atoms with Gasteiger partial charge < -0.3 is 15.8 Å². The van der Waals surface area contributed by atoms with E-state index in [1.165, 1.54) is 18.3 Å². The number of aromatic nitrogens is 3.